The molecule has 1 aliphatic carbocycles. The number of rotatable bonds is 10. The summed E-state index contributed by atoms with van der Waals surface area (Å²) in [5, 5.41) is 24.3. The first-order chi connectivity index (χ1) is 15.7. The Morgan fingerprint density at radius 2 is 1.82 bits per heavy atom. The second-order valence-corrected chi connectivity index (χ2v) is 10.3. The van der Waals surface area contributed by atoms with Crippen LogP contribution < -0.4 is 10.2 Å². The lowest BCUT2D eigenvalue weighted by Gasteiger charge is -2.40. The number of carboxylic acids is 1. The van der Waals surface area contributed by atoms with Crippen LogP contribution in [0, 0.1) is 0 Å². The highest BCUT2D eigenvalue weighted by atomic mass is 35.5. The van der Waals surface area contributed by atoms with Crippen LogP contribution in [0.15, 0.2) is 42.5 Å². The van der Waals surface area contributed by atoms with E-state index in [2.05, 4.69) is 28.4 Å². The van der Waals surface area contributed by atoms with E-state index in [0.29, 0.717) is 17.6 Å². The van der Waals surface area contributed by atoms with Gasteiger partial charge in [-0.15, -0.1) is 0 Å². The van der Waals surface area contributed by atoms with Crippen LogP contribution >= 0.6 is 11.6 Å². The zero-order chi connectivity index (χ0) is 24.0. The van der Waals surface area contributed by atoms with Gasteiger partial charge in [-0.2, -0.15) is 0 Å². The number of benzene rings is 2. The molecule has 0 bridgehead atoms. The Balaban J connectivity index is 2.05. The van der Waals surface area contributed by atoms with Crippen molar-refractivity contribution in [3.05, 3.63) is 53.1 Å². The van der Waals surface area contributed by atoms with Crippen LogP contribution in [0.4, 0.5) is 17.1 Å². The number of hydrogen-bond donors (Lipinski definition) is 3. The quantitative estimate of drug-likeness (QED) is 0.348. The molecule has 0 aromatic heterocycles. The monoisotopic (exact) mass is 472 g/mol. The molecule has 33 heavy (non-hydrogen) atoms. The number of carbonyl (C=O) groups is 1. The third kappa shape index (κ3) is 7.38. The Morgan fingerprint density at radius 3 is 2.39 bits per heavy atom. The minimum atomic E-state index is -0.844. The number of halogens is 1. The highest BCUT2D eigenvalue weighted by Crippen LogP contribution is 2.38. The molecular formula is C27H37ClN2O3. The average molecular weight is 473 g/mol. The average Bonchev–Trinajstić information content (AvgIpc) is 2.77. The Hall–Kier alpha value is -2.24. The van der Waals surface area contributed by atoms with Crippen molar-refractivity contribution in [3.63, 3.8) is 0 Å². The predicted octanol–water partition coefficient (Wildman–Crippen LogP) is 6.96. The molecule has 1 atom stereocenters. The molecule has 0 amide bonds. The summed E-state index contributed by atoms with van der Waals surface area (Å²) in [6.07, 6.45) is 6.72. The molecule has 0 spiro atoms. The molecule has 3 N–H and O–H groups in total. The number of nitrogens with one attached hydrogen (secondary N) is 1. The van der Waals surface area contributed by atoms with Crippen molar-refractivity contribution in [1.82, 2.24) is 0 Å². The first kappa shape index (κ1) is 25.4. The normalized spacial score (nSPS) is 15.8. The van der Waals surface area contributed by atoms with E-state index >= 15 is 0 Å². The second kappa shape index (κ2) is 11.3. The second-order valence-electron chi connectivity index (χ2n) is 9.84. The predicted molar refractivity (Wildman–Crippen MR) is 137 cm³/mol. The van der Waals surface area contributed by atoms with E-state index in [0.717, 1.165) is 41.9 Å². The van der Waals surface area contributed by atoms with Gasteiger partial charge in [0.2, 0.25) is 0 Å². The van der Waals surface area contributed by atoms with Crippen LogP contribution in [-0.4, -0.2) is 34.4 Å². The van der Waals surface area contributed by atoms with Crippen molar-refractivity contribution >= 4 is 34.6 Å². The summed E-state index contributed by atoms with van der Waals surface area (Å²) >= 11 is 6.09. The van der Waals surface area contributed by atoms with Crippen molar-refractivity contribution < 1.29 is 15.0 Å². The first-order valence-electron chi connectivity index (χ1n) is 12.0. The first-order valence-corrected chi connectivity index (χ1v) is 12.4. The Kier molecular flexibility index (Phi) is 8.66. The molecule has 0 radical (unpaired) electrons. The maximum Gasteiger partial charge on any atom is 0.303 e. The van der Waals surface area contributed by atoms with E-state index in [4.69, 9.17) is 11.6 Å². The zero-order valence-corrected chi connectivity index (χ0v) is 20.7. The Labute approximate surface area is 202 Å². The molecule has 0 aliphatic heterocycles. The van der Waals surface area contributed by atoms with Gasteiger partial charge in [-0.25, -0.2) is 0 Å². The van der Waals surface area contributed by atoms with E-state index in [1.54, 1.807) is 0 Å². The van der Waals surface area contributed by atoms with Gasteiger partial charge < -0.3 is 20.4 Å². The van der Waals surface area contributed by atoms with Crippen LogP contribution in [0.5, 0.6) is 0 Å². The van der Waals surface area contributed by atoms with Gasteiger partial charge in [0.25, 0.3) is 0 Å². The fourth-order valence-electron chi connectivity index (χ4n) is 4.78. The van der Waals surface area contributed by atoms with Crippen LogP contribution in [0.1, 0.15) is 77.2 Å². The molecule has 2 aromatic rings. The lowest BCUT2D eigenvalue weighted by atomic mass is 9.90. The maximum absolute atomic E-state index is 11.4. The molecule has 0 saturated heterocycles. The highest BCUT2D eigenvalue weighted by molar-refractivity contribution is 6.30. The summed E-state index contributed by atoms with van der Waals surface area (Å²) in [7, 11) is 0. The maximum atomic E-state index is 11.4. The van der Waals surface area contributed by atoms with Crippen LogP contribution in [0.3, 0.4) is 0 Å². The van der Waals surface area contributed by atoms with Gasteiger partial charge in [-0.05, 0) is 81.0 Å². The molecule has 1 saturated carbocycles. The number of hydrogen-bond acceptors (Lipinski definition) is 4. The largest absolute Gasteiger partial charge is 0.481 e. The zero-order valence-electron chi connectivity index (χ0n) is 20.0. The Morgan fingerprint density at radius 1 is 1.15 bits per heavy atom. The standard InChI is InChI=1S/C27H37ClN2O3/c1-4-19(17-26(31)32)20-10-15-25(24(16-20)29-22-13-11-21(28)12-14-22)30(18-27(2,3)33)23-8-6-5-7-9-23/h10-16,19,23,29,33H,4-9,17-18H2,1-3H3,(H,31,32). The number of carboxylic acid groups (broad SMARTS) is 1. The fraction of sp³-hybridized carbons (Fsp3) is 0.519. The van der Waals surface area contributed by atoms with Gasteiger partial charge in [-0.1, -0.05) is 43.9 Å². The van der Waals surface area contributed by atoms with Gasteiger partial charge in [0, 0.05) is 23.3 Å². The van der Waals surface area contributed by atoms with Crippen molar-refractivity contribution in [2.24, 2.45) is 0 Å². The molecule has 5 nitrogen and oxygen atoms in total. The van der Waals surface area contributed by atoms with E-state index in [1.807, 2.05) is 45.0 Å². The van der Waals surface area contributed by atoms with Gasteiger partial charge in [0.05, 0.1) is 23.4 Å². The molecular weight excluding hydrogens is 436 g/mol. The molecule has 1 aliphatic rings. The summed E-state index contributed by atoms with van der Waals surface area (Å²) in [5.41, 5.74) is 3.03. The minimum absolute atomic E-state index is 0.0558. The summed E-state index contributed by atoms with van der Waals surface area (Å²) in [6.45, 7) is 6.25. The minimum Gasteiger partial charge on any atom is -0.481 e. The number of nitrogens with zero attached hydrogens (tertiary/aromatic N) is 1. The summed E-state index contributed by atoms with van der Waals surface area (Å²) in [4.78, 5) is 13.8. The van der Waals surface area contributed by atoms with E-state index < -0.39 is 11.6 Å². The van der Waals surface area contributed by atoms with Gasteiger partial charge in [-0.3, -0.25) is 4.79 Å². The van der Waals surface area contributed by atoms with Crippen LogP contribution in [0.25, 0.3) is 0 Å². The van der Waals surface area contributed by atoms with Crippen molar-refractivity contribution in [3.8, 4) is 0 Å². The van der Waals surface area contributed by atoms with Gasteiger partial charge in [0.1, 0.15) is 0 Å². The highest BCUT2D eigenvalue weighted by Gasteiger charge is 2.29. The van der Waals surface area contributed by atoms with E-state index in [9.17, 15) is 15.0 Å². The topological polar surface area (TPSA) is 72.8 Å². The van der Waals surface area contributed by atoms with Gasteiger partial charge in [0.15, 0.2) is 0 Å². The third-order valence-corrected chi connectivity index (χ3v) is 6.66. The van der Waals surface area contributed by atoms with E-state index in [-0.39, 0.29) is 12.3 Å². The third-order valence-electron chi connectivity index (χ3n) is 6.41. The SMILES string of the molecule is CCC(CC(=O)O)c1ccc(N(CC(C)(C)O)C2CCCCC2)c(Nc2ccc(Cl)cc2)c1. The Bertz CT molecular complexity index is 918. The molecule has 2 aromatic carbocycles. The van der Waals surface area contributed by atoms with Crippen molar-refractivity contribution in [1.29, 1.82) is 0 Å². The van der Waals surface area contributed by atoms with Gasteiger partial charge >= 0.3 is 5.97 Å². The summed E-state index contributed by atoms with van der Waals surface area (Å²) < 4.78 is 0. The van der Waals surface area contributed by atoms with Crippen molar-refractivity contribution in [2.45, 2.75) is 83.3 Å². The van der Waals surface area contributed by atoms with Crippen LogP contribution in [-0.2, 0) is 4.79 Å². The lowest BCUT2D eigenvalue weighted by molar-refractivity contribution is -0.137. The number of aliphatic hydroxyl groups is 1. The van der Waals surface area contributed by atoms with Crippen LogP contribution in [0.2, 0.25) is 5.02 Å². The fourth-order valence-corrected chi connectivity index (χ4v) is 4.90. The summed E-state index contributed by atoms with van der Waals surface area (Å²) in [6, 6.07) is 14.2. The molecule has 6 heteroatoms. The molecule has 1 fully saturated rings. The molecule has 1 unspecified atom stereocenters. The number of aliphatic carboxylic acids is 1. The van der Waals surface area contributed by atoms with E-state index in [1.165, 1.54) is 19.3 Å². The van der Waals surface area contributed by atoms with Crippen molar-refractivity contribution in [2.75, 3.05) is 16.8 Å². The summed E-state index contributed by atoms with van der Waals surface area (Å²) in [5.74, 6) is -0.844. The molecule has 0 heterocycles. The smallest absolute Gasteiger partial charge is 0.303 e. The molecule has 180 valence electrons. The molecule has 3 rings (SSSR count). The lowest BCUT2D eigenvalue weighted by Crippen LogP contribution is -2.45. The number of anilines is 3.